The van der Waals surface area contributed by atoms with Crippen LogP contribution in [0.4, 0.5) is 0 Å². The molecule has 0 fully saturated rings. The van der Waals surface area contributed by atoms with E-state index in [9.17, 15) is 29.1 Å². The summed E-state index contributed by atoms with van der Waals surface area (Å²) in [5.74, 6) is -3.66. The molecule has 6 N–H and O–H groups in total. The Labute approximate surface area is 209 Å². The van der Waals surface area contributed by atoms with Crippen molar-refractivity contribution in [2.45, 2.75) is 57.2 Å². The number of hydrogen-bond acceptors (Lipinski definition) is 5. The van der Waals surface area contributed by atoms with Crippen LogP contribution >= 0.6 is 0 Å². The molecule has 192 valence electrons. The van der Waals surface area contributed by atoms with Crippen LogP contribution < -0.4 is 21.7 Å². The monoisotopic (exact) mass is 496 g/mol. The highest BCUT2D eigenvalue weighted by Crippen LogP contribution is 2.07. The largest absolute Gasteiger partial charge is 0.480 e. The van der Waals surface area contributed by atoms with Gasteiger partial charge in [-0.15, -0.1) is 0 Å². The second-order valence-corrected chi connectivity index (χ2v) is 8.43. The molecule has 0 spiro atoms. The van der Waals surface area contributed by atoms with Crippen LogP contribution in [0.3, 0.4) is 0 Å². The Morgan fingerprint density at radius 2 is 1.33 bits per heavy atom. The lowest BCUT2D eigenvalue weighted by Gasteiger charge is -2.23. The number of nitrogens with one attached hydrogen (secondary N) is 3. The van der Waals surface area contributed by atoms with Crippen LogP contribution in [-0.4, -0.2) is 52.8 Å². The quantitative estimate of drug-likeness (QED) is 0.258. The average Bonchev–Trinajstić information content (AvgIpc) is 2.85. The Balaban J connectivity index is 2.02. The fourth-order valence-electron chi connectivity index (χ4n) is 3.45. The fourth-order valence-corrected chi connectivity index (χ4v) is 3.45. The van der Waals surface area contributed by atoms with E-state index in [1.165, 1.54) is 6.92 Å². The highest BCUT2D eigenvalue weighted by Gasteiger charge is 2.28. The van der Waals surface area contributed by atoms with Crippen LogP contribution in [0.2, 0.25) is 0 Å². The van der Waals surface area contributed by atoms with Crippen LogP contribution in [0.5, 0.6) is 0 Å². The summed E-state index contributed by atoms with van der Waals surface area (Å²) in [5, 5.41) is 17.0. The SMILES string of the molecule is C[C@@H](NC(=O)CCc1ccccc1)C(=O)N[C@@H](Cc1ccccc1)C(=O)N[C@@H](CCC(N)=O)C(=O)O. The molecule has 2 aromatic carbocycles. The Bertz CT molecular complexity index is 1040. The Morgan fingerprint density at radius 1 is 0.778 bits per heavy atom. The molecule has 0 aliphatic carbocycles. The number of benzene rings is 2. The highest BCUT2D eigenvalue weighted by molar-refractivity contribution is 5.93. The van der Waals surface area contributed by atoms with Crippen molar-refractivity contribution in [3.05, 3.63) is 71.8 Å². The minimum atomic E-state index is -1.35. The van der Waals surface area contributed by atoms with Crippen molar-refractivity contribution in [2.24, 2.45) is 5.73 Å². The van der Waals surface area contributed by atoms with Gasteiger partial charge in [0.05, 0.1) is 0 Å². The molecule has 3 atom stereocenters. The lowest BCUT2D eigenvalue weighted by Crippen LogP contribution is -2.56. The molecule has 0 aromatic heterocycles. The smallest absolute Gasteiger partial charge is 0.326 e. The molecule has 36 heavy (non-hydrogen) atoms. The van der Waals surface area contributed by atoms with Crippen molar-refractivity contribution >= 4 is 29.6 Å². The zero-order valence-electron chi connectivity index (χ0n) is 20.1. The summed E-state index contributed by atoms with van der Waals surface area (Å²) in [4.78, 5) is 60.7. The van der Waals surface area contributed by atoms with E-state index >= 15 is 0 Å². The van der Waals surface area contributed by atoms with Gasteiger partial charge in [0.25, 0.3) is 0 Å². The summed E-state index contributed by atoms with van der Waals surface area (Å²) in [6.45, 7) is 1.50. The standard InChI is InChI=1S/C26H32N4O6/c1-17(28-23(32)15-12-18-8-4-2-5-9-18)24(33)30-21(16-19-10-6-3-7-11-19)25(34)29-20(26(35)36)13-14-22(27)31/h2-11,17,20-21H,12-16H2,1H3,(H2,27,31)(H,28,32)(H,29,34)(H,30,33)(H,35,36)/t17-,20+,21+/m1/s1. The van der Waals surface area contributed by atoms with Gasteiger partial charge >= 0.3 is 5.97 Å². The van der Waals surface area contributed by atoms with Gasteiger partial charge in [-0.25, -0.2) is 4.79 Å². The maximum absolute atomic E-state index is 13.0. The fraction of sp³-hybridized carbons (Fsp3) is 0.346. The van der Waals surface area contributed by atoms with Gasteiger partial charge < -0.3 is 26.8 Å². The minimum Gasteiger partial charge on any atom is -0.480 e. The molecule has 0 bridgehead atoms. The second kappa shape index (κ2) is 14.2. The Hall–Kier alpha value is -4.21. The first-order valence-corrected chi connectivity index (χ1v) is 11.6. The second-order valence-electron chi connectivity index (χ2n) is 8.43. The predicted octanol–water partition coefficient (Wildman–Crippen LogP) is 0.686. The third kappa shape index (κ3) is 9.96. The van der Waals surface area contributed by atoms with Crippen molar-refractivity contribution in [2.75, 3.05) is 0 Å². The van der Waals surface area contributed by atoms with Gasteiger partial charge in [-0.2, -0.15) is 0 Å². The summed E-state index contributed by atoms with van der Waals surface area (Å²) in [5.41, 5.74) is 6.82. The van der Waals surface area contributed by atoms with E-state index in [-0.39, 0.29) is 31.6 Å². The number of carbonyl (C=O) groups excluding carboxylic acids is 4. The zero-order chi connectivity index (χ0) is 26.5. The van der Waals surface area contributed by atoms with Crippen LogP contribution in [0.15, 0.2) is 60.7 Å². The summed E-state index contributed by atoms with van der Waals surface area (Å²) >= 11 is 0. The number of hydrogen-bond donors (Lipinski definition) is 5. The van der Waals surface area contributed by atoms with E-state index in [0.29, 0.717) is 6.42 Å². The number of aliphatic carboxylic acids is 1. The molecule has 0 heterocycles. The van der Waals surface area contributed by atoms with Gasteiger partial charge in [0.2, 0.25) is 23.6 Å². The molecule has 0 saturated heterocycles. The number of amides is 4. The van der Waals surface area contributed by atoms with Crippen molar-refractivity contribution in [1.29, 1.82) is 0 Å². The van der Waals surface area contributed by atoms with E-state index < -0.39 is 41.8 Å². The van der Waals surface area contributed by atoms with Crippen LogP contribution in [-0.2, 0) is 36.8 Å². The summed E-state index contributed by atoms with van der Waals surface area (Å²) in [6, 6.07) is 14.9. The molecule has 4 amide bonds. The molecule has 0 aliphatic rings. The van der Waals surface area contributed by atoms with Crippen molar-refractivity contribution in [3.8, 4) is 0 Å². The molecule has 0 saturated carbocycles. The molecular weight excluding hydrogens is 464 g/mol. The van der Waals surface area contributed by atoms with Crippen molar-refractivity contribution in [1.82, 2.24) is 16.0 Å². The lowest BCUT2D eigenvalue weighted by molar-refractivity contribution is -0.142. The Kier molecular flexibility index (Phi) is 11.1. The minimum absolute atomic E-state index is 0.0925. The van der Waals surface area contributed by atoms with Crippen LogP contribution in [0.1, 0.15) is 37.3 Å². The number of carboxylic acids is 1. The topological polar surface area (TPSA) is 168 Å². The maximum atomic E-state index is 13.0. The highest BCUT2D eigenvalue weighted by atomic mass is 16.4. The van der Waals surface area contributed by atoms with Gasteiger partial charge in [-0.05, 0) is 30.9 Å². The third-order valence-corrected chi connectivity index (χ3v) is 5.46. The molecular formula is C26H32N4O6. The zero-order valence-corrected chi connectivity index (χ0v) is 20.1. The van der Waals surface area contributed by atoms with Crippen molar-refractivity contribution < 1.29 is 29.1 Å². The first-order valence-electron chi connectivity index (χ1n) is 11.6. The first-order chi connectivity index (χ1) is 17.2. The molecule has 2 rings (SSSR count). The van der Waals surface area contributed by atoms with E-state index in [1.54, 1.807) is 30.3 Å². The Morgan fingerprint density at radius 3 is 1.89 bits per heavy atom. The molecule has 0 unspecified atom stereocenters. The van der Waals surface area contributed by atoms with Gasteiger partial charge in [-0.1, -0.05) is 60.7 Å². The summed E-state index contributed by atoms with van der Waals surface area (Å²) in [7, 11) is 0. The van der Waals surface area contributed by atoms with E-state index in [2.05, 4.69) is 16.0 Å². The molecule has 10 heteroatoms. The predicted molar refractivity (Wildman–Crippen MR) is 132 cm³/mol. The van der Waals surface area contributed by atoms with Gasteiger partial charge in [0.1, 0.15) is 18.1 Å². The number of primary amides is 1. The van der Waals surface area contributed by atoms with Gasteiger partial charge in [0, 0.05) is 19.3 Å². The third-order valence-electron chi connectivity index (χ3n) is 5.46. The molecule has 0 aliphatic heterocycles. The van der Waals surface area contributed by atoms with Crippen molar-refractivity contribution in [3.63, 3.8) is 0 Å². The lowest BCUT2D eigenvalue weighted by atomic mass is 10.0. The number of carbonyl (C=O) groups is 5. The molecule has 0 radical (unpaired) electrons. The number of nitrogens with two attached hydrogens (primary N) is 1. The number of carboxylic acid groups (broad SMARTS) is 1. The van der Waals surface area contributed by atoms with E-state index in [4.69, 9.17) is 5.73 Å². The van der Waals surface area contributed by atoms with Crippen LogP contribution in [0.25, 0.3) is 0 Å². The average molecular weight is 497 g/mol. The first kappa shape index (κ1) is 28.0. The maximum Gasteiger partial charge on any atom is 0.326 e. The van der Waals surface area contributed by atoms with E-state index in [1.807, 2.05) is 30.3 Å². The van der Waals surface area contributed by atoms with Gasteiger partial charge in [-0.3, -0.25) is 19.2 Å². The molecule has 2 aromatic rings. The summed E-state index contributed by atoms with van der Waals surface area (Å²) in [6.07, 6.45) is 0.391. The number of rotatable bonds is 14. The molecule has 10 nitrogen and oxygen atoms in total. The van der Waals surface area contributed by atoms with E-state index in [0.717, 1.165) is 11.1 Å². The normalized spacial score (nSPS) is 13.0. The van der Waals surface area contributed by atoms with Crippen LogP contribution in [0, 0.1) is 0 Å². The summed E-state index contributed by atoms with van der Waals surface area (Å²) < 4.78 is 0. The number of aryl methyl sites for hydroxylation is 1. The van der Waals surface area contributed by atoms with Gasteiger partial charge in [0.15, 0.2) is 0 Å².